The predicted molar refractivity (Wildman–Crippen MR) is 70.6 cm³/mol. The van der Waals surface area contributed by atoms with Gasteiger partial charge in [-0.25, -0.2) is 0 Å². The Balaban J connectivity index is 1.78. The second-order valence-corrected chi connectivity index (χ2v) is 7.21. The Bertz CT molecular complexity index is 361. The fraction of sp³-hybridized carbons (Fsp3) is 0.938. The fourth-order valence-corrected chi connectivity index (χ4v) is 5.13. The van der Waals surface area contributed by atoms with Crippen molar-refractivity contribution in [3.8, 4) is 6.07 Å². The lowest BCUT2D eigenvalue weighted by atomic mass is 9.64. The molecular weight excluding hydrogens is 222 g/mol. The fourth-order valence-electron chi connectivity index (χ4n) is 5.13. The molecule has 0 aromatic carbocycles. The first-order valence-corrected chi connectivity index (χ1v) is 7.75. The maximum Gasteiger partial charge on any atom is 0.0865 e. The number of hydrogen-bond donors (Lipinski definition) is 1. The minimum Gasteiger partial charge on any atom is -0.391 e. The van der Waals surface area contributed by atoms with Crippen LogP contribution in [0.1, 0.15) is 58.3 Å². The summed E-state index contributed by atoms with van der Waals surface area (Å²) in [5.74, 6) is 2.32. The highest BCUT2D eigenvalue weighted by atomic mass is 16.3. The Kier molecular flexibility index (Phi) is 3.14. The summed E-state index contributed by atoms with van der Waals surface area (Å²) >= 11 is 0. The molecule has 0 spiro atoms. The maximum absolute atomic E-state index is 10.8. The van der Waals surface area contributed by atoms with E-state index in [2.05, 4.69) is 13.0 Å². The zero-order valence-electron chi connectivity index (χ0n) is 11.4. The highest BCUT2D eigenvalue weighted by Crippen LogP contribution is 2.59. The molecule has 0 aromatic rings. The van der Waals surface area contributed by atoms with Gasteiger partial charge in [0.05, 0.1) is 17.6 Å². The van der Waals surface area contributed by atoms with Crippen LogP contribution in [-0.4, -0.2) is 11.2 Å². The third kappa shape index (κ3) is 1.79. The first-order chi connectivity index (χ1) is 8.65. The average molecular weight is 247 g/mol. The molecule has 0 radical (unpaired) electrons. The van der Waals surface area contributed by atoms with Gasteiger partial charge in [-0.1, -0.05) is 26.2 Å². The van der Waals surface area contributed by atoms with Crippen molar-refractivity contribution in [2.45, 2.75) is 64.4 Å². The van der Waals surface area contributed by atoms with Crippen molar-refractivity contribution in [2.75, 3.05) is 0 Å². The van der Waals surface area contributed by atoms with Gasteiger partial charge >= 0.3 is 0 Å². The summed E-state index contributed by atoms with van der Waals surface area (Å²) in [5, 5.41) is 20.5. The van der Waals surface area contributed by atoms with Gasteiger partial charge in [0.1, 0.15) is 0 Å². The Morgan fingerprint density at radius 1 is 1.22 bits per heavy atom. The highest BCUT2D eigenvalue weighted by molar-refractivity contribution is 5.16. The van der Waals surface area contributed by atoms with E-state index < -0.39 is 0 Å². The second-order valence-electron chi connectivity index (χ2n) is 7.21. The van der Waals surface area contributed by atoms with Crippen LogP contribution in [0.15, 0.2) is 0 Å². The lowest BCUT2D eigenvalue weighted by Gasteiger charge is -2.41. The van der Waals surface area contributed by atoms with Gasteiger partial charge in [-0.2, -0.15) is 5.26 Å². The van der Waals surface area contributed by atoms with Gasteiger partial charge < -0.3 is 5.11 Å². The topological polar surface area (TPSA) is 44.0 Å². The quantitative estimate of drug-likeness (QED) is 0.811. The number of hydrogen-bond acceptors (Lipinski definition) is 2. The van der Waals surface area contributed by atoms with Crippen molar-refractivity contribution in [3.63, 3.8) is 0 Å². The van der Waals surface area contributed by atoms with Crippen LogP contribution in [0.4, 0.5) is 0 Å². The molecule has 2 nitrogen and oxygen atoms in total. The van der Waals surface area contributed by atoms with E-state index in [-0.39, 0.29) is 11.5 Å². The van der Waals surface area contributed by atoms with E-state index in [4.69, 9.17) is 0 Å². The van der Waals surface area contributed by atoms with Crippen molar-refractivity contribution in [1.29, 1.82) is 5.26 Å². The Morgan fingerprint density at radius 3 is 2.61 bits per heavy atom. The lowest BCUT2D eigenvalue weighted by molar-refractivity contribution is -0.0344. The third-order valence-electron chi connectivity index (χ3n) is 6.06. The Labute approximate surface area is 110 Å². The second kappa shape index (κ2) is 4.53. The summed E-state index contributed by atoms with van der Waals surface area (Å²) < 4.78 is 0. The average Bonchev–Trinajstić information content (AvgIpc) is 2.98. The third-order valence-corrected chi connectivity index (χ3v) is 6.06. The van der Waals surface area contributed by atoms with Crippen LogP contribution in [0.5, 0.6) is 0 Å². The van der Waals surface area contributed by atoms with Gasteiger partial charge in [-0.05, 0) is 55.8 Å². The summed E-state index contributed by atoms with van der Waals surface area (Å²) in [6.07, 6.45) is 9.08. The van der Waals surface area contributed by atoms with E-state index in [1.54, 1.807) is 0 Å². The molecule has 0 amide bonds. The smallest absolute Gasteiger partial charge is 0.0865 e. The van der Waals surface area contributed by atoms with Crippen LogP contribution in [0, 0.1) is 40.4 Å². The minimum absolute atomic E-state index is 0.361. The minimum atomic E-state index is -0.384. The van der Waals surface area contributed by atoms with E-state index in [0.29, 0.717) is 11.8 Å². The molecule has 0 aromatic heterocycles. The lowest BCUT2D eigenvalue weighted by Crippen LogP contribution is -2.44. The molecule has 0 aliphatic heterocycles. The number of aliphatic hydroxyl groups excluding tert-OH is 1. The molecule has 2 heteroatoms. The van der Waals surface area contributed by atoms with Gasteiger partial charge in [-0.3, -0.25) is 0 Å². The zero-order chi connectivity index (χ0) is 12.8. The first-order valence-electron chi connectivity index (χ1n) is 7.75. The van der Waals surface area contributed by atoms with Crippen molar-refractivity contribution < 1.29 is 5.11 Å². The van der Waals surface area contributed by atoms with Crippen molar-refractivity contribution in [3.05, 3.63) is 0 Å². The molecule has 6 unspecified atom stereocenters. The van der Waals surface area contributed by atoms with E-state index in [9.17, 15) is 10.4 Å². The van der Waals surface area contributed by atoms with Gasteiger partial charge in [0.15, 0.2) is 0 Å². The van der Waals surface area contributed by atoms with E-state index in [0.717, 1.165) is 31.1 Å². The number of fused-ring (bicyclic) bond motifs is 2. The molecule has 18 heavy (non-hydrogen) atoms. The van der Waals surface area contributed by atoms with Crippen LogP contribution in [0.3, 0.4) is 0 Å². The van der Waals surface area contributed by atoms with Crippen LogP contribution in [0.2, 0.25) is 0 Å². The van der Waals surface area contributed by atoms with Gasteiger partial charge in [0.2, 0.25) is 0 Å². The van der Waals surface area contributed by atoms with Crippen molar-refractivity contribution in [2.24, 2.45) is 29.1 Å². The number of rotatable bonds is 2. The maximum atomic E-state index is 10.8. The zero-order valence-corrected chi connectivity index (χ0v) is 11.4. The normalized spacial score (nSPS) is 48.9. The van der Waals surface area contributed by atoms with Gasteiger partial charge in [0.25, 0.3) is 0 Å². The van der Waals surface area contributed by atoms with Crippen molar-refractivity contribution >= 4 is 0 Å². The Morgan fingerprint density at radius 2 is 2.06 bits per heavy atom. The number of nitrogens with zero attached hydrogens (tertiary/aromatic N) is 1. The Hall–Kier alpha value is -0.550. The molecule has 1 N–H and O–H groups in total. The molecule has 6 atom stereocenters. The molecule has 2 bridgehead atoms. The molecule has 3 aliphatic rings. The standard InChI is InChI=1S/C16H25NO/c1-11-3-2-4-13(7-11)15(18)16(10-17)9-12-5-6-14(16)8-12/h11-15,18H,2-9H2,1H3. The van der Waals surface area contributed by atoms with E-state index >= 15 is 0 Å². The first kappa shape index (κ1) is 12.5. The predicted octanol–water partition coefficient (Wildman–Crippen LogP) is 3.50. The summed E-state index contributed by atoms with van der Waals surface area (Å²) in [7, 11) is 0. The van der Waals surface area contributed by atoms with Gasteiger partial charge in [0, 0.05) is 0 Å². The molecule has 0 heterocycles. The van der Waals surface area contributed by atoms with Crippen LogP contribution >= 0.6 is 0 Å². The molecular formula is C16H25NO. The summed E-state index contributed by atoms with van der Waals surface area (Å²) in [5.41, 5.74) is -0.384. The summed E-state index contributed by atoms with van der Waals surface area (Å²) in [4.78, 5) is 0. The van der Waals surface area contributed by atoms with Crippen LogP contribution < -0.4 is 0 Å². The SMILES string of the molecule is CC1CCCC(C(O)C2(C#N)CC3CCC2C3)C1. The van der Waals surface area contributed by atoms with Gasteiger partial charge in [-0.15, -0.1) is 0 Å². The van der Waals surface area contributed by atoms with E-state index in [1.807, 2.05) is 0 Å². The van der Waals surface area contributed by atoms with E-state index in [1.165, 1.54) is 32.1 Å². The number of nitriles is 1. The van der Waals surface area contributed by atoms with Crippen LogP contribution in [-0.2, 0) is 0 Å². The molecule has 100 valence electrons. The van der Waals surface area contributed by atoms with Crippen LogP contribution in [0.25, 0.3) is 0 Å². The summed E-state index contributed by atoms with van der Waals surface area (Å²) in [6, 6.07) is 2.57. The summed E-state index contributed by atoms with van der Waals surface area (Å²) in [6.45, 7) is 2.29. The largest absolute Gasteiger partial charge is 0.391 e. The van der Waals surface area contributed by atoms with Crippen molar-refractivity contribution in [1.82, 2.24) is 0 Å². The highest BCUT2D eigenvalue weighted by Gasteiger charge is 2.56. The number of aliphatic hydroxyl groups is 1. The molecule has 3 fully saturated rings. The molecule has 3 aliphatic carbocycles. The molecule has 3 saturated carbocycles. The molecule has 3 rings (SSSR count). The monoisotopic (exact) mass is 247 g/mol. The molecule has 0 saturated heterocycles.